The molecule has 82 valence electrons. The largest absolute Gasteiger partial charge is 0.503 e. The van der Waals surface area contributed by atoms with Crippen molar-refractivity contribution >= 4 is 0 Å². The number of aromatic amines is 1. The maximum absolute atomic E-state index is 11.2. The second-order valence-electron chi connectivity index (χ2n) is 3.45. The molecule has 0 amide bonds. The lowest BCUT2D eigenvalue weighted by Crippen LogP contribution is -2.11. The van der Waals surface area contributed by atoms with Crippen molar-refractivity contribution in [1.29, 1.82) is 0 Å². The van der Waals surface area contributed by atoms with Gasteiger partial charge in [-0.15, -0.1) is 0 Å². The van der Waals surface area contributed by atoms with E-state index in [1.807, 2.05) is 37.3 Å². The van der Waals surface area contributed by atoms with E-state index in [1.54, 1.807) is 0 Å². The maximum atomic E-state index is 11.2. The molecular formula is C12H12N2O2. The second-order valence-corrected chi connectivity index (χ2v) is 3.45. The summed E-state index contributed by atoms with van der Waals surface area (Å²) in [7, 11) is 0. The van der Waals surface area contributed by atoms with E-state index in [0.717, 1.165) is 5.56 Å². The number of rotatable bonds is 2. The van der Waals surface area contributed by atoms with Crippen molar-refractivity contribution in [1.82, 2.24) is 10.2 Å². The normalized spacial score (nSPS) is 10.3. The van der Waals surface area contributed by atoms with Gasteiger partial charge in [0.05, 0.1) is 5.69 Å². The fraction of sp³-hybridized carbons (Fsp3) is 0.167. The smallest absolute Gasteiger partial charge is 0.306 e. The molecule has 4 nitrogen and oxygen atoms in total. The Morgan fingerprint density at radius 2 is 2.00 bits per heavy atom. The van der Waals surface area contributed by atoms with Crippen LogP contribution in [0.2, 0.25) is 0 Å². The first-order chi connectivity index (χ1) is 7.74. The summed E-state index contributed by atoms with van der Waals surface area (Å²) in [4.78, 5) is 11.2. The zero-order chi connectivity index (χ0) is 11.5. The lowest BCUT2D eigenvalue weighted by atomic mass is 10.0. The molecule has 0 fully saturated rings. The zero-order valence-electron chi connectivity index (χ0n) is 8.90. The Balaban J connectivity index is 2.67. The summed E-state index contributed by atoms with van der Waals surface area (Å²) >= 11 is 0. The molecule has 0 aliphatic carbocycles. The Morgan fingerprint density at radius 3 is 2.62 bits per heavy atom. The Morgan fingerprint density at radius 1 is 1.31 bits per heavy atom. The molecular weight excluding hydrogens is 204 g/mol. The van der Waals surface area contributed by atoms with Crippen LogP contribution in [0.4, 0.5) is 0 Å². The van der Waals surface area contributed by atoms with Crippen LogP contribution in [0, 0.1) is 0 Å². The molecule has 0 aliphatic heterocycles. The minimum absolute atomic E-state index is 0.239. The second kappa shape index (κ2) is 4.18. The molecule has 0 unspecified atom stereocenters. The Labute approximate surface area is 92.6 Å². The number of aromatic nitrogens is 2. The van der Waals surface area contributed by atoms with Gasteiger partial charge in [-0.05, 0) is 6.42 Å². The topological polar surface area (TPSA) is 66.0 Å². The van der Waals surface area contributed by atoms with E-state index in [-0.39, 0.29) is 5.75 Å². The van der Waals surface area contributed by atoms with Crippen molar-refractivity contribution in [2.45, 2.75) is 13.3 Å². The predicted octanol–water partition coefficient (Wildman–Crippen LogP) is 1.70. The number of hydrogen-bond acceptors (Lipinski definition) is 3. The number of aromatic hydroxyl groups is 1. The van der Waals surface area contributed by atoms with E-state index in [1.165, 1.54) is 0 Å². The molecule has 0 spiro atoms. The summed E-state index contributed by atoms with van der Waals surface area (Å²) in [6, 6.07) is 9.45. The Kier molecular flexibility index (Phi) is 2.72. The quantitative estimate of drug-likeness (QED) is 0.803. The van der Waals surface area contributed by atoms with Crippen LogP contribution in [0.5, 0.6) is 5.75 Å². The molecule has 2 aromatic rings. The summed E-state index contributed by atoms with van der Waals surface area (Å²) < 4.78 is 0. The van der Waals surface area contributed by atoms with Gasteiger partial charge in [-0.1, -0.05) is 37.3 Å². The van der Waals surface area contributed by atoms with E-state index < -0.39 is 5.56 Å². The van der Waals surface area contributed by atoms with Gasteiger partial charge in [0.25, 0.3) is 0 Å². The molecule has 1 aromatic heterocycles. The van der Waals surface area contributed by atoms with Crippen molar-refractivity contribution in [2.75, 3.05) is 0 Å². The first-order valence-electron chi connectivity index (χ1n) is 5.10. The molecule has 0 saturated carbocycles. The van der Waals surface area contributed by atoms with Gasteiger partial charge in [0.15, 0.2) is 5.75 Å². The standard InChI is InChI=1S/C12H12N2O2/c1-2-9-10(8-6-4-3-5-7-8)13-14-12(16)11(9)15/h3-7H,2H2,1H3,(H,13,15)(H,14,16). The van der Waals surface area contributed by atoms with Gasteiger partial charge in [-0.2, -0.15) is 5.10 Å². The van der Waals surface area contributed by atoms with Gasteiger partial charge in [0.1, 0.15) is 0 Å². The average molecular weight is 216 g/mol. The first-order valence-corrected chi connectivity index (χ1v) is 5.10. The number of nitrogens with one attached hydrogen (secondary N) is 1. The molecule has 0 bridgehead atoms. The fourth-order valence-electron chi connectivity index (χ4n) is 1.65. The Hall–Kier alpha value is -2.10. The van der Waals surface area contributed by atoms with Crippen molar-refractivity contribution in [3.8, 4) is 17.0 Å². The maximum Gasteiger partial charge on any atom is 0.306 e. The summed E-state index contributed by atoms with van der Waals surface area (Å²) in [5.41, 5.74) is 1.54. The van der Waals surface area contributed by atoms with Crippen LogP contribution in [0.25, 0.3) is 11.3 Å². The number of benzene rings is 1. The highest BCUT2D eigenvalue weighted by Gasteiger charge is 2.12. The minimum Gasteiger partial charge on any atom is -0.503 e. The third kappa shape index (κ3) is 1.69. The lowest BCUT2D eigenvalue weighted by molar-refractivity contribution is 0.457. The van der Waals surface area contributed by atoms with Crippen LogP contribution >= 0.6 is 0 Å². The minimum atomic E-state index is -0.545. The van der Waals surface area contributed by atoms with Gasteiger partial charge in [0, 0.05) is 11.1 Å². The highest BCUT2D eigenvalue weighted by molar-refractivity contribution is 5.64. The summed E-state index contributed by atoms with van der Waals surface area (Å²) in [5.74, 6) is -0.239. The van der Waals surface area contributed by atoms with Crippen LogP contribution in [0.3, 0.4) is 0 Å². The monoisotopic (exact) mass is 216 g/mol. The van der Waals surface area contributed by atoms with Crippen molar-refractivity contribution in [3.05, 3.63) is 46.2 Å². The molecule has 0 radical (unpaired) electrons. The number of hydrogen-bond donors (Lipinski definition) is 2. The molecule has 1 aromatic carbocycles. The fourth-order valence-corrected chi connectivity index (χ4v) is 1.65. The van der Waals surface area contributed by atoms with Gasteiger partial charge < -0.3 is 5.11 Å². The van der Waals surface area contributed by atoms with Gasteiger partial charge >= 0.3 is 5.56 Å². The van der Waals surface area contributed by atoms with Crippen LogP contribution in [0.15, 0.2) is 35.1 Å². The van der Waals surface area contributed by atoms with Crippen LogP contribution < -0.4 is 5.56 Å². The molecule has 16 heavy (non-hydrogen) atoms. The van der Waals surface area contributed by atoms with E-state index >= 15 is 0 Å². The number of H-pyrrole nitrogens is 1. The summed E-state index contributed by atoms with van der Waals surface area (Å²) in [6.07, 6.45) is 0.562. The molecule has 2 N–H and O–H groups in total. The van der Waals surface area contributed by atoms with E-state index in [0.29, 0.717) is 17.7 Å². The lowest BCUT2D eigenvalue weighted by Gasteiger charge is -2.07. The zero-order valence-corrected chi connectivity index (χ0v) is 8.90. The Bertz CT molecular complexity index is 547. The third-order valence-corrected chi connectivity index (χ3v) is 2.46. The SMILES string of the molecule is CCc1c(-c2ccccc2)n[nH]c(=O)c1O. The third-order valence-electron chi connectivity index (χ3n) is 2.46. The van der Waals surface area contributed by atoms with E-state index in [9.17, 15) is 9.90 Å². The molecule has 2 rings (SSSR count). The highest BCUT2D eigenvalue weighted by atomic mass is 16.3. The van der Waals surface area contributed by atoms with Crippen LogP contribution in [-0.2, 0) is 6.42 Å². The van der Waals surface area contributed by atoms with Gasteiger partial charge in [-0.25, -0.2) is 5.10 Å². The molecule has 0 aliphatic rings. The van der Waals surface area contributed by atoms with Crippen molar-refractivity contribution in [3.63, 3.8) is 0 Å². The predicted molar refractivity (Wildman–Crippen MR) is 61.3 cm³/mol. The van der Waals surface area contributed by atoms with E-state index in [4.69, 9.17) is 0 Å². The highest BCUT2D eigenvalue weighted by Crippen LogP contribution is 2.24. The molecule has 1 heterocycles. The molecule has 4 heteroatoms. The van der Waals surface area contributed by atoms with Crippen LogP contribution in [0.1, 0.15) is 12.5 Å². The van der Waals surface area contributed by atoms with Gasteiger partial charge in [-0.3, -0.25) is 4.79 Å². The molecule has 0 saturated heterocycles. The first kappa shape index (κ1) is 10.4. The van der Waals surface area contributed by atoms with Crippen LogP contribution in [-0.4, -0.2) is 15.3 Å². The summed E-state index contributed by atoms with van der Waals surface area (Å²) in [6.45, 7) is 1.88. The van der Waals surface area contributed by atoms with E-state index in [2.05, 4.69) is 10.2 Å². The summed E-state index contributed by atoms with van der Waals surface area (Å²) in [5, 5.41) is 15.9. The number of nitrogens with zero attached hydrogens (tertiary/aromatic N) is 1. The average Bonchev–Trinajstić information content (AvgIpc) is 2.33. The van der Waals surface area contributed by atoms with Crippen molar-refractivity contribution in [2.24, 2.45) is 0 Å². The van der Waals surface area contributed by atoms with Gasteiger partial charge in [0.2, 0.25) is 0 Å². The molecule has 0 atom stereocenters. The van der Waals surface area contributed by atoms with Crippen molar-refractivity contribution < 1.29 is 5.11 Å².